The van der Waals surface area contributed by atoms with Gasteiger partial charge in [-0.1, -0.05) is 6.07 Å². The van der Waals surface area contributed by atoms with Crippen LogP contribution < -0.4 is 14.8 Å². The van der Waals surface area contributed by atoms with E-state index < -0.39 is 10.0 Å². The minimum atomic E-state index is -3.45. The average Bonchev–Trinajstić information content (AvgIpc) is 2.48. The fourth-order valence-corrected chi connectivity index (χ4v) is 3.24. The Hall–Kier alpha value is -1.31. The molecule has 0 bridgehead atoms. The maximum atomic E-state index is 12.5. The van der Waals surface area contributed by atoms with Crippen molar-refractivity contribution >= 4 is 15.7 Å². The molecule has 120 valence electrons. The summed E-state index contributed by atoms with van der Waals surface area (Å²) in [6.07, 6.45) is 0.588. The predicted molar refractivity (Wildman–Crippen MR) is 84.3 cm³/mol. The van der Waals surface area contributed by atoms with Crippen LogP contribution in [0, 0.1) is 0 Å². The van der Waals surface area contributed by atoms with Crippen LogP contribution in [0.1, 0.15) is 13.3 Å². The van der Waals surface area contributed by atoms with E-state index in [1.54, 1.807) is 31.4 Å². The second kappa shape index (κ2) is 8.86. The lowest BCUT2D eigenvalue weighted by atomic mass is 10.3. The Kier molecular flexibility index (Phi) is 7.49. The van der Waals surface area contributed by atoms with Gasteiger partial charge < -0.3 is 15.2 Å². The molecule has 0 saturated heterocycles. The summed E-state index contributed by atoms with van der Waals surface area (Å²) in [5.41, 5.74) is 6.09. The lowest BCUT2D eigenvalue weighted by molar-refractivity contribution is 0.163. The van der Waals surface area contributed by atoms with Crippen molar-refractivity contribution in [2.45, 2.75) is 13.3 Å². The van der Waals surface area contributed by atoms with E-state index in [-0.39, 0.29) is 12.4 Å². The van der Waals surface area contributed by atoms with Crippen molar-refractivity contribution in [3.63, 3.8) is 0 Å². The Morgan fingerprint density at radius 2 is 2.10 bits per heavy atom. The first kappa shape index (κ1) is 17.7. The van der Waals surface area contributed by atoms with Gasteiger partial charge in [0.05, 0.1) is 25.2 Å². The zero-order valence-corrected chi connectivity index (χ0v) is 13.4. The summed E-state index contributed by atoms with van der Waals surface area (Å²) in [6.45, 7) is 3.29. The van der Waals surface area contributed by atoms with Gasteiger partial charge in [-0.05, 0) is 32.0 Å². The summed E-state index contributed by atoms with van der Waals surface area (Å²) in [4.78, 5) is 0. The predicted octanol–water partition coefficient (Wildman–Crippen LogP) is 1.22. The molecule has 0 aromatic heterocycles. The maximum absolute atomic E-state index is 12.5. The van der Waals surface area contributed by atoms with Gasteiger partial charge in [-0.15, -0.1) is 0 Å². The molecule has 0 atom stereocenters. The van der Waals surface area contributed by atoms with E-state index in [4.69, 9.17) is 15.2 Å². The summed E-state index contributed by atoms with van der Waals surface area (Å²) in [5, 5.41) is 0. The number of anilines is 1. The van der Waals surface area contributed by atoms with Crippen LogP contribution in [0.15, 0.2) is 24.3 Å². The number of rotatable bonds is 10. The van der Waals surface area contributed by atoms with Crippen molar-refractivity contribution in [2.75, 3.05) is 43.5 Å². The van der Waals surface area contributed by atoms with Crippen LogP contribution in [0.4, 0.5) is 5.69 Å². The number of methoxy groups -OCH3 is 1. The number of benzene rings is 1. The highest BCUT2D eigenvalue weighted by atomic mass is 32.2. The first-order chi connectivity index (χ1) is 10.0. The fourth-order valence-electron chi connectivity index (χ4n) is 1.85. The van der Waals surface area contributed by atoms with Crippen molar-refractivity contribution in [3.8, 4) is 5.75 Å². The van der Waals surface area contributed by atoms with Crippen molar-refractivity contribution in [2.24, 2.45) is 5.73 Å². The van der Waals surface area contributed by atoms with E-state index in [1.165, 1.54) is 4.31 Å². The Labute approximate surface area is 126 Å². The van der Waals surface area contributed by atoms with E-state index in [1.807, 2.05) is 6.92 Å². The van der Waals surface area contributed by atoms with Gasteiger partial charge in [-0.3, -0.25) is 4.31 Å². The van der Waals surface area contributed by atoms with Gasteiger partial charge in [0.15, 0.2) is 0 Å². The maximum Gasteiger partial charge on any atom is 0.237 e. The van der Waals surface area contributed by atoms with Crippen molar-refractivity contribution in [1.29, 1.82) is 0 Å². The van der Waals surface area contributed by atoms with Crippen LogP contribution >= 0.6 is 0 Å². The van der Waals surface area contributed by atoms with E-state index in [0.717, 1.165) is 0 Å². The van der Waals surface area contributed by atoms with E-state index in [2.05, 4.69) is 0 Å². The Bertz CT molecular complexity index is 519. The van der Waals surface area contributed by atoms with E-state index in [9.17, 15) is 8.42 Å². The monoisotopic (exact) mass is 316 g/mol. The molecule has 0 aliphatic heterocycles. The molecule has 2 N–H and O–H groups in total. The first-order valence-corrected chi connectivity index (χ1v) is 8.58. The second-order valence-corrected chi connectivity index (χ2v) is 6.44. The quantitative estimate of drug-likeness (QED) is 0.656. The fraction of sp³-hybridized carbons (Fsp3) is 0.571. The molecule has 0 aliphatic carbocycles. The lowest BCUT2D eigenvalue weighted by Gasteiger charge is -2.24. The van der Waals surface area contributed by atoms with Gasteiger partial charge in [0, 0.05) is 19.2 Å². The standard InChI is InChI=1S/C14H24N2O4S/c1-3-20-10-11-21(17,18)16(9-5-8-15)13-6-4-7-14(12-13)19-2/h4,6-7,12H,3,5,8-11,15H2,1-2H3. The number of hydrogen-bond acceptors (Lipinski definition) is 5. The Morgan fingerprint density at radius 3 is 2.71 bits per heavy atom. The van der Waals surface area contributed by atoms with Gasteiger partial charge in [0.2, 0.25) is 10.0 Å². The number of sulfonamides is 1. The molecule has 0 amide bonds. The zero-order valence-electron chi connectivity index (χ0n) is 12.6. The molecule has 0 heterocycles. The molecule has 0 unspecified atom stereocenters. The van der Waals surface area contributed by atoms with Crippen molar-refractivity contribution < 1.29 is 17.9 Å². The van der Waals surface area contributed by atoms with Crippen molar-refractivity contribution in [3.05, 3.63) is 24.3 Å². The van der Waals surface area contributed by atoms with Crippen LogP contribution in [0.3, 0.4) is 0 Å². The zero-order chi connectivity index (χ0) is 15.7. The van der Waals surface area contributed by atoms with Gasteiger partial charge in [0.25, 0.3) is 0 Å². The van der Waals surface area contributed by atoms with Crippen molar-refractivity contribution in [1.82, 2.24) is 0 Å². The molecule has 1 rings (SSSR count). The summed E-state index contributed by atoms with van der Waals surface area (Å²) in [5.74, 6) is 0.563. The summed E-state index contributed by atoms with van der Waals surface area (Å²) in [7, 11) is -1.90. The Morgan fingerprint density at radius 1 is 1.33 bits per heavy atom. The molecule has 6 nitrogen and oxygen atoms in total. The highest BCUT2D eigenvalue weighted by molar-refractivity contribution is 7.92. The first-order valence-electron chi connectivity index (χ1n) is 6.97. The Balaban J connectivity index is 2.97. The summed E-state index contributed by atoms with van der Waals surface area (Å²) < 4.78 is 36.6. The molecule has 0 aliphatic rings. The van der Waals surface area contributed by atoms with Gasteiger partial charge in [-0.25, -0.2) is 8.42 Å². The average molecular weight is 316 g/mol. The SMILES string of the molecule is CCOCCS(=O)(=O)N(CCCN)c1cccc(OC)c1. The molecule has 0 radical (unpaired) electrons. The van der Waals surface area contributed by atoms with Crippen LogP contribution in [0.25, 0.3) is 0 Å². The van der Waals surface area contributed by atoms with Gasteiger partial charge >= 0.3 is 0 Å². The summed E-state index contributed by atoms with van der Waals surface area (Å²) in [6, 6.07) is 6.99. The van der Waals surface area contributed by atoms with Gasteiger partial charge in [-0.2, -0.15) is 0 Å². The molecule has 1 aromatic rings. The normalized spacial score (nSPS) is 11.4. The molecule has 0 saturated carbocycles. The molecule has 1 aromatic carbocycles. The third-order valence-corrected chi connectivity index (χ3v) is 4.68. The molecule has 7 heteroatoms. The van der Waals surface area contributed by atoms with Gasteiger partial charge in [0.1, 0.15) is 5.75 Å². The third-order valence-electron chi connectivity index (χ3n) is 2.93. The number of nitrogens with zero attached hydrogens (tertiary/aromatic N) is 1. The second-order valence-electron chi connectivity index (χ2n) is 4.43. The topological polar surface area (TPSA) is 81.9 Å². The lowest BCUT2D eigenvalue weighted by Crippen LogP contribution is -2.36. The third kappa shape index (κ3) is 5.53. The molecule has 0 spiro atoms. The highest BCUT2D eigenvalue weighted by Gasteiger charge is 2.22. The minimum absolute atomic E-state index is 0.0530. The smallest absolute Gasteiger partial charge is 0.237 e. The number of ether oxygens (including phenoxy) is 2. The van der Waals surface area contributed by atoms with Crippen LogP contribution in [-0.4, -0.2) is 47.6 Å². The summed E-state index contributed by atoms with van der Waals surface area (Å²) >= 11 is 0. The molecular weight excluding hydrogens is 292 g/mol. The molecule has 21 heavy (non-hydrogen) atoms. The van der Waals surface area contributed by atoms with Crippen LogP contribution in [0.5, 0.6) is 5.75 Å². The van der Waals surface area contributed by atoms with E-state index >= 15 is 0 Å². The molecule has 0 fully saturated rings. The largest absolute Gasteiger partial charge is 0.497 e. The molecular formula is C14H24N2O4S. The number of nitrogens with two attached hydrogens (primary N) is 1. The minimum Gasteiger partial charge on any atom is -0.497 e. The number of hydrogen-bond donors (Lipinski definition) is 1. The highest BCUT2D eigenvalue weighted by Crippen LogP contribution is 2.23. The van der Waals surface area contributed by atoms with Crippen LogP contribution in [0.2, 0.25) is 0 Å². The van der Waals surface area contributed by atoms with Crippen LogP contribution in [-0.2, 0) is 14.8 Å². The van der Waals surface area contributed by atoms with E-state index in [0.29, 0.717) is 37.6 Å².